The number of carbonyl (C=O) groups excluding carboxylic acids is 2. The van der Waals surface area contributed by atoms with Crippen LogP contribution in [0, 0.1) is 13.8 Å². The SMILES string of the molecule is Cc1cc(C)nc(O[C@@H]2C(=O)N3CC(=O)N(Cc4nnn[nH]4)c4ccccc4[C@@]23c2ccccc2)n1. The molecule has 2 atom stereocenters. The highest BCUT2D eigenvalue weighted by Gasteiger charge is 2.66. The third-order valence-electron chi connectivity index (χ3n) is 6.59. The predicted octanol–water partition coefficient (Wildman–Crippen LogP) is 1.69. The highest BCUT2D eigenvalue weighted by atomic mass is 16.5. The summed E-state index contributed by atoms with van der Waals surface area (Å²) in [5, 5.41) is 13.9. The lowest BCUT2D eigenvalue weighted by molar-refractivity contribution is -0.178. The van der Waals surface area contributed by atoms with E-state index in [4.69, 9.17) is 4.74 Å². The molecular weight excluding hydrogens is 460 g/mol. The van der Waals surface area contributed by atoms with Gasteiger partial charge in [0.05, 0.1) is 12.2 Å². The molecule has 0 bridgehead atoms. The van der Waals surface area contributed by atoms with Crippen molar-refractivity contribution in [2.75, 3.05) is 11.4 Å². The largest absolute Gasteiger partial charge is 0.447 e. The van der Waals surface area contributed by atoms with E-state index in [0.29, 0.717) is 11.5 Å². The summed E-state index contributed by atoms with van der Waals surface area (Å²) in [5.41, 5.74) is 2.62. The topological polar surface area (TPSA) is 130 Å². The van der Waals surface area contributed by atoms with Crippen LogP contribution < -0.4 is 9.64 Å². The van der Waals surface area contributed by atoms with Crippen molar-refractivity contribution in [3.63, 3.8) is 0 Å². The minimum Gasteiger partial charge on any atom is -0.447 e. The number of β-lactam (4-membered cyclic amide) rings is 1. The van der Waals surface area contributed by atoms with E-state index in [0.717, 1.165) is 22.5 Å². The number of rotatable bonds is 5. The Labute approximate surface area is 206 Å². The van der Waals surface area contributed by atoms with Gasteiger partial charge in [-0.1, -0.05) is 48.5 Å². The van der Waals surface area contributed by atoms with Crippen molar-refractivity contribution < 1.29 is 14.3 Å². The highest BCUT2D eigenvalue weighted by Crippen LogP contribution is 2.52. The van der Waals surface area contributed by atoms with E-state index >= 15 is 0 Å². The van der Waals surface area contributed by atoms with Crippen LogP contribution >= 0.6 is 0 Å². The zero-order valence-electron chi connectivity index (χ0n) is 19.6. The van der Waals surface area contributed by atoms with Crippen LogP contribution in [0.5, 0.6) is 6.01 Å². The van der Waals surface area contributed by atoms with Gasteiger partial charge in [0.15, 0.2) is 5.82 Å². The number of amides is 2. The Morgan fingerprint density at radius 3 is 2.47 bits per heavy atom. The quantitative estimate of drug-likeness (QED) is 0.425. The van der Waals surface area contributed by atoms with Crippen LogP contribution in [0.1, 0.15) is 28.3 Å². The van der Waals surface area contributed by atoms with E-state index in [1.165, 1.54) is 0 Å². The van der Waals surface area contributed by atoms with Crippen molar-refractivity contribution in [1.29, 1.82) is 0 Å². The minimum absolute atomic E-state index is 0.124. The van der Waals surface area contributed by atoms with Gasteiger partial charge in [0, 0.05) is 17.0 Å². The van der Waals surface area contributed by atoms with Gasteiger partial charge in [-0.25, -0.2) is 15.1 Å². The van der Waals surface area contributed by atoms with Crippen molar-refractivity contribution >= 4 is 17.5 Å². The van der Waals surface area contributed by atoms with E-state index in [9.17, 15) is 9.59 Å². The van der Waals surface area contributed by atoms with Gasteiger partial charge in [-0.05, 0) is 42.0 Å². The molecule has 4 aromatic rings. The number of para-hydroxylation sites is 1. The normalized spacial score (nSPS) is 20.9. The Morgan fingerprint density at radius 2 is 1.75 bits per heavy atom. The summed E-state index contributed by atoms with van der Waals surface area (Å²) >= 11 is 0. The van der Waals surface area contributed by atoms with Crippen LogP contribution in [0.25, 0.3) is 0 Å². The number of hydrogen-bond acceptors (Lipinski definition) is 8. The van der Waals surface area contributed by atoms with E-state index in [1.54, 1.807) is 9.80 Å². The molecule has 180 valence electrons. The molecule has 36 heavy (non-hydrogen) atoms. The molecule has 2 aromatic heterocycles. The molecule has 0 aliphatic carbocycles. The fourth-order valence-corrected chi connectivity index (χ4v) is 5.16. The molecular formula is C25H22N8O3. The molecule has 1 saturated heterocycles. The van der Waals surface area contributed by atoms with Crippen LogP contribution in [-0.2, 0) is 21.7 Å². The zero-order chi connectivity index (χ0) is 24.9. The Morgan fingerprint density at radius 1 is 1.03 bits per heavy atom. The van der Waals surface area contributed by atoms with Crippen LogP contribution in [0.4, 0.5) is 5.69 Å². The van der Waals surface area contributed by atoms with Gasteiger partial charge in [-0.2, -0.15) is 0 Å². The monoisotopic (exact) mass is 482 g/mol. The van der Waals surface area contributed by atoms with E-state index in [-0.39, 0.29) is 30.9 Å². The molecule has 0 radical (unpaired) electrons. The van der Waals surface area contributed by atoms with Gasteiger partial charge in [-0.15, -0.1) is 5.10 Å². The molecule has 0 spiro atoms. The zero-order valence-corrected chi connectivity index (χ0v) is 19.6. The summed E-state index contributed by atoms with van der Waals surface area (Å²) in [6.07, 6.45) is -0.970. The third-order valence-corrected chi connectivity index (χ3v) is 6.59. The first-order chi connectivity index (χ1) is 17.5. The second kappa shape index (κ2) is 8.22. The maximum atomic E-state index is 13.6. The van der Waals surface area contributed by atoms with Crippen molar-refractivity contribution in [3.8, 4) is 6.01 Å². The number of nitrogens with zero attached hydrogens (tertiary/aromatic N) is 7. The predicted molar refractivity (Wildman–Crippen MR) is 127 cm³/mol. The second-order valence-electron chi connectivity index (χ2n) is 8.83. The molecule has 1 N–H and O–H groups in total. The van der Waals surface area contributed by atoms with Crippen LogP contribution in [0.15, 0.2) is 60.7 Å². The number of H-pyrrole nitrogens is 1. The molecule has 2 amide bonds. The summed E-state index contributed by atoms with van der Waals surface area (Å²) in [5.74, 6) is -0.141. The van der Waals surface area contributed by atoms with E-state index in [1.807, 2.05) is 74.5 Å². The Bertz CT molecular complexity index is 1440. The van der Waals surface area contributed by atoms with E-state index < -0.39 is 11.6 Å². The first-order valence-corrected chi connectivity index (χ1v) is 11.5. The standard InChI is InChI=1S/C25H22N8O3/c1-15-12-16(2)27-24(26-15)36-22-23(35)33-14-21(34)32(13-20-28-30-31-29-20)19-11-7-6-10-18(19)25(22,33)17-8-4-3-5-9-17/h3-12,22H,13-14H2,1-2H3,(H,28,29,30,31)/t22-,25+/m1/s1. The lowest BCUT2D eigenvalue weighted by Crippen LogP contribution is -2.74. The number of aryl methyl sites for hydroxylation is 2. The van der Waals surface area contributed by atoms with Crippen molar-refractivity contribution in [2.24, 2.45) is 0 Å². The minimum atomic E-state index is -1.07. The molecule has 11 heteroatoms. The number of carbonyl (C=O) groups is 2. The molecule has 0 unspecified atom stereocenters. The van der Waals surface area contributed by atoms with Gasteiger partial charge in [0.25, 0.3) is 5.91 Å². The lowest BCUT2D eigenvalue weighted by atomic mass is 9.69. The van der Waals surface area contributed by atoms with Crippen LogP contribution in [0.2, 0.25) is 0 Å². The highest BCUT2D eigenvalue weighted by molar-refractivity contribution is 6.04. The molecule has 6 rings (SSSR count). The van der Waals surface area contributed by atoms with Gasteiger partial charge in [0.1, 0.15) is 12.1 Å². The molecule has 2 aliphatic rings. The summed E-state index contributed by atoms with van der Waals surface area (Å²) in [6, 6.07) is 19.1. The fourth-order valence-electron chi connectivity index (χ4n) is 5.16. The number of fused-ring (bicyclic) bond motifs is 3. The number of ether oxygens (including phenoxy) is 1. The van der Waals surface area contributed by atoms with E-state index in [2.05, 4.69) is 30.6 Å². The Kier molecular flexibility index (Phi) is 4.99. The van der Waals surface area contributed by atoms with Gasteiger partial charge >= 0.3 is 6.01 Å². The van der Waals surface area contributed by atoms with Crippen LogP contribution in [-0.4, -0.2) is 60.0 Å². The average Bonchev–Trinajstić information content (AvgIpc) is 3.37. The van der Waals surface area contributed by atoms with Gasteiger partial charge < -0.3 is 14.5 Å². The fraction of sp³-hybridized carbons (Fsp3) is 0.240. The summed E-state index contributed by atoms with van der Waals surface area (Å²) in [6.45, 7) is 3.68. The smallest absolute Gasteiger partial charge is 0.317 e. The van der Waals surface area contributed by atoms with Crippen LogP contribution in [0.3, 0.4) is 0 Å². The number of anilines is 1. The molecule has 2 aliphatic heterocycles. The molecule has 11 nitrogen and oxygen atoms in total. The number of aromatic nitrogens is 6. The summed E-state index contributed by atoms with van der Waals surface area (Å²) < 4.78 is 6.26. The number of benzene rings is 2. The summed E-state index contributed by atoms with van der Waals surface area (Å²) in [4.78, 5) is 39.1. The molecule has 0 saturated carbocycles. The molecule has 2 aromatic carbocycles. The van der Waals surface area contributed by atoms with Crippen molar-refractivity contribution in [1.82, 2.24) is 35.5 Å². The first-order valence-electron chi connectivity index (χ1n) is 11.5. The maximum Gasteiger partial charge on any atom is 0.317 e. The average molecular weight is 483 g/mol. The number of tetrazole rings is 1. The number of hydrogen-bond donors (Lipinski definition) is 1. The first kappa shape index (κ1) is 21.8. The maximum absolute atomic E-state index is 13.6. The van der Waals surface area contributed by atoms with Gasteiger partial charge in [0.2, 0.25) is 12.0 Å². The van der Waals surface area contributed by atoms with Crippen molar-refractivity contribution in [2.45, 2.75) is 32.0 Å². The summed E-state index contributed by atoms with van der Waals surface area (Å²) in [7, 11) is 0. The second-order valence-corrected chi connectivity index (χ2v) is 8.83. The third kappa shape index (κ3) is 3.23. The Balaban J connectivity index is 1.55. The van der Waals surface area contributed by atoms with Gasteiger partial charge in [-0.3, -0.25) is 9.59 Å². The Hall–Kier alpha value is -4.67. The lowest BCUT2D eigenvalue weighted by Gasteiger charge is -2.55. The molecule has 4 heterocycles. The molecule has 1 fully saturated rings. The number of nitrogens with one attached hydrogen (secondary N) is 1. The number of aromatic amines is 1. The van der Waals surface area contributed by atoms with Crippen molar-refractivity contribution in [3.05, 3.63) is 89.0 Å².